The zero-order valence-corrected chi connectivity index (χ0v) is 8.34. The highest BCUT2D eigenvalue weighted by Crippen LogP contribution is 2.53. The normalized spacial score (nSPS) is 14.9. The van der Waals surface area contributed by atoms with E-state index in [0.717, 1.165) is 13.0 Å². The molecule has 0 aliphatic carbocycles. The number of hydrogen-bond acceptors (Lipinski definition) is 0. The Hall–Kier alpha value is -0.680. The Balaban J connectivity index is 5.43. The molecular weight excluding hydrogens is 222 g/mol. The third-order valence-corrected chi connectivity index (χ3v) is 2.21. The quantitative estimate of drug-likeness (QED) is 0.499. The second kappa shape index (κ2) is 4.45. The Morgan fingerprint density at radius 1 is 0.867 bits per heavy atom. The standard InChI is InChI=1S/C9H12F6/c1-3-5-6-7(4-2,8(10,11)12)9(13,14)15/h5-6H,3-4H2,1-2H3. The van der Waals surface area contributed by atoms with Crippen LogP contribution in [0.1, 0.15) is 26.7 Å². The van der Waals surface area contributed by atoms with Crippen molar-refractivity contribution in [3.63, 3.8) is 0 Å². The molecule has 0 fully saturated rings. The van der Waals surface area contributed by atoms with Gasteiger partial charge in [0.15, 0.2) is 5.41 Å². The first kappa shape index (κ1) is 14.3. The van der Waals surface area contributed by atoms with Gasteiger partial charge in [0.1, 0.15) is 0 Å². The average molecular weight is 234 g/mol. The summed E-state index contributed by atoms with van der Waals surface area (Å²) in [5, 5.41) is 0. The van der Waals surface area contributed by atoms with Crippen molar-refractivity contribution < 1.29 is 26.3 Å². The van der Waals surface area contributed by atoms with Crippen LogP contribution in [0.15, 0.2) is 12.2 Å². The molecule has 90 valence electrons. The van der Waals surface area contributed by atoms with Crippen LogP contribution in [-0.2, 0) is 0 Å². The first-order valence-corrected chi connectivity index (χ1v) is 4.43. The monoisotopic (exact) mass is 234 g/mol. The minimum Gasteiger partial charge on any atom is -0.170 e. The van der Waals surface area contributed by atoms with Crippen LogP contribution in [0.3, 0.4) is 0 Å². The SMILES string of the molecule is CCC=CC(CC)(C(F)(F)F)C(F)(F)F. The summed E-state index contributed by atoms with van der Waals surface area (Å²) in [5.74, 6) is 0. The molecule has 0 rings (SSSR count). The maximum atomic E-state index is 12.4. The van der Waals surface area contributed by atoms with Crippen molar-refractivity contribution in [3.8, 4) is 0 Å². The van der Waals surface area contributed by atoms with Gasteiger partial charge in [0, 0.05) is 0 Å². The van der Waals surface area contributed by atoms with Gasteiger partial charge < -0.3 is 0 Å². The molecule has 0 amide bonds. The topological polar surface area (TPSA) is 0 Å². The highest BCUT2D eigenvalue weighted by molar-refractivity contribution is 5.07. The molecule has 0 bridgehead atoms. The molecule has 0 aromatic heterocycles. The average Bonchev–Trinajstić information content (AvgIpc) is 2.01. The van der Waals surface area contributed by atoms with Crippen LogP contribution in [0.4, 0.5) is 26.3 Å². The Kier molecular flexibility index (Phi) is 4.25. The van der Waals surface area contributed by atoms with E-state index in [4.69, 9.17) is 0 Å². The van der Waals surface area contributed by atoms with Crippen molar-refractivity contribution in [2.75, 3.05) is 0 Å². The van der Waals surface area contributed by atoms with Crippen molar-refractivity contribution >= 4 is 0 Å². The van der Waals surface area contributed by atoms with Crippen LogP contribution in [0, 0.1) is 5.41 Å². The molecule has 0 nitrogen and oxygen atoms in total. The fourth-order valence-electron chi connectivity index (χ4n) is 1.19. The van der Waals surface area contributed by atoms with Gasteiger partial charge in [-0.3, -0.25) is 0 Å². The molecule has 0 spiro atoms. The fourth-order valence-corrected chi connectivity index (χ4v) is 1.19. The summed E-state index contributed by atoms with van der Waals surface area (Å²) in [6.45, 7) is 2.35. The van der Waals surface area contributed by atoms with E-state index in [9.17, 15) is 26.3 Å². The van der Waals surface area contributed by atoms with Gasteiger partial charge in [0.2, 0.25) is 0 Å². The third-order valence-electron chi connectivity index (χ3n) is 2.21. The largest absolute Gasteiger partial charge is 0.406 e. The molecule has 0 saturated carbocycles. The first-order chi connectivity index (χ1) is 6.62. The number of hydrogen-bond donors (Lipinski definition) is 0. The van der Waals surface area contributed by atoms with Crippen molar-refractivity contribution in [1.82, 2.24) is 0 Å². The van der Waals surface area contributed by atoms with Crippen LogP contribution in [0.2, 0.25) is 0 Å². The van der Waals surface area contributed by atoms with Crippen LogP contribution >= 0.6 is 0 Å². The molecule has 0 aromatic carbocycles. The van der Waals surface area contributed by atoms with E-state index in [1.807, 2.05) is 0 Å². The zero-order chi connectivity index (χ0) is 12.3. The highest BCUT2D eigenvalue weighted by Gasteiger charge is 2.67. The molecule has 0 N–H and O–H groups in total. The second-order valence-electron chi connectivity index (χ2n) is 3.13. The molecule has 0 radical (unpaired) electrons. The molecule has 0 atom stereocenters. The van der Waals surface area contributed by atoms with Crippen LogP contribution < -0.4 is 0 Å². The lowest BCUT2D eigenvalue weighted by molar-refractivity contribution is -0.322. The highest BCUT2D eigenvalue weighted by atomic mass is 19.4. The predicted octanol–water partition coefficient (Wildman–Crippen LogP) is 4.47. The summed E-state index contributed by atoms with van der Waals surface area (Å²) in [4.78, 5) is 0. The minimum atomic E-state index is -5.31. The van der Waals surface area contributed by atoms with Crippen molar-refractivity contribution in [2.45, 2.75) is 39.0 Å². The van der Waals surface area contributed by atoms with E-state index >= 15 is 0 Å². The molecular formula is C9H12F6. The summed E-state index contributed by atoms with van der Waals surface area (Å²) in [6, 6.07) is 0. The van der Waals surface area contributed by atoms with Crippen LogP contribution in [-0.4, -0.2) is 12.4 Å². The minimum absolute atomic E-state index is 0.133. The lowest BCUT2D eigenvalue weighted by Gasteiger charge is -2.33. The van der Waals surface area contributed by atoms with Gasteiger partial charge in [-0.25, -0.2) is 0 Å². The number of alkyl halides is 6. The summed E-state index contributed by atoms with van der Waals surface area (Å²) in [7, 11) is 0. The lowest BCUT2D eigenvalue weighted by atomic mass is 9.83. The summed E-state index contributed by atoms with van der Waals surface area (Å²) in [5.41, 5.74) is -3.71. The Labute approximate surface area is 84.0 Å². The zero-order valence-electron chi connectivity index (χ0n) is 8.34. The molecule has 0 heterocycles. The molecule has 0 unspecified atom stereocenters. The summed E-state index contributed by atoms with van der Waals surface area (Å²) in [6.07, 6.45) is -10.4. The molecule has 0 aliphatic rings. The molecule has 6 heteroatoms. The van der Waals surface area contributed by atoms with E-state index in [-0.39, 0.29) is 12.5 Å². The van der Waals surface area contributed by atoms with Gasteiger partial charge in [-0.1, -0.05) is 26.0 Å². The summed E-state index contributed by atoms with van der Waals surface area (Å²) >= 11 is 0. The van der Waals surface area contributed by atoms with Crippen molar-refractivity contribution in [1.29, 1.82) is 0 Å². The smallest absolute Gasteiger partial charge is 0.170 e. The van der Waals surface area contributed by atoms with Gasteiger partial charge in [-0.15, -0.1) is 0 Å². The summed E-state index contributed by atoms with van der Waals surface area (Å²) < 4.78 is 74.5. The van der Waals surface area contributed by atoms with Gasteiger partial charge in [-0.05, 0) is 12.8 Å². The van der Waals surface area contributed by atoms with Crippen LogP contribution in [0.5, 0.6) is 0 Å². The number of rotatable bonds is 3. The molecule has 0 aliphatic heterocycles. The maximum Gasteiger partial charge on any atom is 0.406 e. The van der Waals surface area contributed by atoms with E-state index in [1.54, 1.807) is 0 Å². The Morgan fingerprint density at radius 3 is 1.47 bits per heavy atom. The fraction of sp³-hybridized carbons (Fsp3) is 0.778. The van der Waals surface area contributed by atoms with Gasteiger partial charge in [0.05, 0.1) is 0 Å². The van der Waals surface area contributed by atoms with Crippen LogP contribution in [0.25, 0.3) is 0 Å². The van der Waals surface area contributed by atoms with Crippen molar-refractivity contribution in [2.24, 2.45) is 5.41 Å². The maximum absolute atomic E-state index is 12.4. The first-order valence-electron chi connectivity index (χ1n) is 4.43. The number of halogens is 6. The predicted molar refractivity (Wildman–Crippen MR) is 44.3 cm³/mol. The van der Waals surface area contributed by atoms with Gasteiger partial charge >= 0.3 is 12.4 Å². The van der Waals surface area contributed by atoms with E-state index < -0.39 is 24.2 Å². The van der Waals surface area contributed by atoms with Gasteiger partial charge in [-0.2, -0.15) is 26.3 Å². The van der Waals surface area contributed by atoms with E-state index in [0.29, 0.717) is 0 Å². The second-order valence-corrected chi connectivity index (χ2v) is 3.13. The number of allylic oxidation sites excluding steroid dienone is 2. The Bertz CT molecular complexity index is 208. The lowest BCUT2D eigenvalue weighted by Crippen LogP contribution is -2.48. The molecule has 0 aromatic rings. The van der Waals surface area contributed by atoms with Gasteiger partial charge in [0.25, 0.3) is 0 Å². The molecule has 0 saturated heterocycles. The van der Waals surface area contributed by atoms with E-state index in [1.165, 1.54) is 6.92 Å². The van der Waals surface area contributed by atoms with Crippen molar-refractivity contribution in [3.05, 3.63) is 12.2 Å². The third kappa shape index (κ3) is 2.66. The van der Waals surface area contributed by atoms with E-state index in [2.05, 4.69) is 0 Å². The molecule has 15 heavy (non-hydrogen) atoms. The Morgan fingerprint density at radius 2 is 1.27 bits per heavy atom.